The van der Waals surface area contributed by atoms with Crippen molar-refractivity contribution >= 4 is 28.1 Å². The number of hydrogen-bond acceptors (Lipinski definition) is 3. The minimum Gasteiger partial charge on any atom is -0.488 e. The first-order valence-corrected chi connectivity index (χ1v) is 10.0. The first-order chi connectivity index (χ1) is 14.7. The standard InChI is InChI=1S/C23H18BrF3N2O2/c1-15-4-2-5-16(10-15)14-31-21-9-8-20(24)12-18(21)13-28-29-22(30)17-6-3-7-19(11-17)23(25,26)27/h2-13H,14H2,1H3,(H,29,30)/b28-13-. The fourth-order valence-corrected chi connectivity index (χ4v) is 3.16. The van der Waals surface area contributed by atoms with Crippen LogP contribution in [0.2, 0.25) is 0 Å². The quantitative estimate of drug-likeness (QED) is 0.334. The molecule has 3 aromatic carbocycles. The lowest BCUT2D eigenvalue weighted by Crippen LogP contribution is -2.18. The van der Waals surface area contributed by atoms with E-state index >= 15 is 0 Å². The Morgan fingerprint density at radius 2 is 1.87 bits per heavy atom. The molecule has 0 fully saturated rings. The molecule has 0 spiro atoms. The second-order valence-corrected chi connectivity index (χ2v) is 7.65. The fraction of sp³-hybridized carbons (Fsp3) is 0.130. The molecule has 0 aliphatic rings. The number of carbonyl (C=O) groups is 1. The van der Waals surface area contributed by atoms with E-state index in [4.69, 9.17) is 4.74 Å². The summed E-state index contributed by atoms with van der Waals surface area (Å²) in [6, 6.07) is 17.4. The highest BCUT2D eigenvalue weighted by Crippen LogP contribution is 2.29. The van der Waals surface area contributed by atoms with Crippen molar-refractivity contribution in [2.45, 2.75) is 19.7 Å². The number of alkyl halides is 3. The molecule has 0 unspecified atom stereocenters. The number of rotatable bonds is 6. The zero-order chi connectivity index (χ0) is 22.4. The molecule has 160 valence electrons. The van der Waals surface area contributed by atoms with Crippen molar-refractivity contribution in [2.24, 2.45) is 5.10 Å². The molecule has 3 aromatic rings. The number of carbonyl (C=O) groups excluding carboxylic acids is 1. The number of aryl methyl sites for hydroxylation is 1. The smallest absolute Gasteiger partial charge is 0.416 e. The molecule has 0 aliphatic heterocycles. The summed E-state index contributed by atoms with van der Waals surface area (Å²) in [5.74, 6) is -0.207. The van der Waals surface area contributed by atoms with Gasteiger partial charge >= 0.3 is 6.18 Å². The summed E-state index contributed by atoms with van der Waals surface area (Å²) in [7, 11) is 0. The van der Waals surface area contributed by atoms with Crippen molar-refractivity contribution in [1.29, 1.82) is 0 Å². The van der Waals surface area contributed by atoms with Crippen LogP contribution in [0, 0.1) is 6.92 Å². The Balaban J connectivity index is 1.70. The Bertz CT molecular complexity index is 1110. The van der Waals surface area contributed by atoms with Crippen LogP contribution in [0.3, 0.4) is 0 Å². The highest BCUT2D eigenvalue weighted by Gasteiger charge is 2.30. The van der Waals surface area contributed by atoms with Crippen LogP contribution in [-0.4, -0.2) is 12.1 Å². The van der Waals surface area contributed by atoms with Gasteiger partial charge in [-0.3, -0.25) is 4.79 Å². The molecule has 0 saturated heterocycles. The molecule has 0 aromatic heterocycles. The van der Waals surface area contributed by atoms with E-state index in [1.807, 2.05) is 37.3 Å². The van der Waals surface area contributed by atoms with E-state index in [0.717, 1.165) is 27.7 Å². The van der Waals surface area contributed by atoms with E-state index < -0.39 is 17.6 Å². The molecule has 8 heteroatoms. The van der Waals surface area contributed by atoms with Gasteiger partial charge in [-0.2, -0.15) is 18.3 Å². The predicted molar refractivity (Wildman–Crippen MR) is 116 cm³/mol. The Labute approximate surface area is 185 Å². The molecular formula is C23H18BrF3N2O2. The van der Waals surface area contributed by atoms with Gasteiger partial charge in [0.2, 0.25) is 0 Å². The molecule has 1 N–H and O–H groups in total. The third-order valence-corrected chi connectivity index (χ3v) is 4.76. The second-order valence-electron chi connectivity index (χ2n) is 6.74. The third kappa shape index (κ3) is 6.42. The van der Waals surface area contributed by atoms with Gasteiger partial charge < -0.3 is 4.74 Å². The van der Waals surface area contributed by atoms with Crippen LogP contribution >= 0.6 is 15.9 Å². The Kier molecular flexibility index (Phi) is 7.12. The Morgan fingerprint density at radius 1 is 1.10 bits per heavy atom. The van der Waals surface area contributed by atoms with Crippen LogP contribution in [0.5, 0.6) is 5.75 Å². The van der Waals surface area contributed by atoms with E-state index in [0.29, 0.717) is 17.9 Å². The van der Waals surface area contributed by atoms with Gasteiger partial charge in [-0.25, -0.2) is 5.43 Å². The van der Waals surface area contributed by atoms with Crippen molar-refractivity contribution in [3.05, 3.63) is 99.0 Å². The molecule has 4 nitrogen and oxygen atoms in total. The predicted octanol–water partition coefficient (Wildman–Crippen LogP) is 6.12. The summed E-state index contributed by atoms with van der Waals surface area (Å²) in [5, 5.41) is 3.87. The molecule has 31 heavy (non-hydrogen) atoms. The zero-order valence-corrected chi connectivity index (χ0v) is 18.0. The number of nitrogens with one attached hydrogen (secondary N) is 1. The van der Waals surface area contributed by atoms with Crippen molar-refractivity contribution in [1.82, 2.24) is 5.43 Å². The van der Waals surface area contributed by atoms with Gasteiger partial charge in [0.25, 0.3) is 5.91 Å². The Hall–Kier alpha value is -3.13. The maximum Gasteiger partial charge on any atom is 0.416 e. The van der Waals surface area contributed by atoms with Gasteiger partial charge in [0.1, 0.15) is 12.4 Å². The molecule has 0 bridgehead atoms. The zero-order valence-electron chi connectivity index (χ0n) is 16.4. The lowest BCUT2D eigenvalue weighted by Gasteiger charge is -2.10. The van der Waals surface area contributed by atoms with Crippen molar-refractivity contribution in [3.8, 4) is 5.75 Å². The average Bonchev–Trinajstić information content (AvgIpc) is 2.72. The van der Waals surface area contributed by atoms with E-state index in [2.05, 4.69) is 26.5 Å². The highest BCUT2D eigenvalue weighted by molar-refractivity contribution is 9.10. The minimum absolute atomic E-state index is 0.142. The number of hydrazone groups is 1. The molecule has 1 amide bonds. The van der Waals surface area contributed by atoms with Crippen LogP contribution < -0.4 is 10.2 Å². The summed E-state index contributed by atoms with van der Waals surface area (Å²) in [6.45, 7) is 2.34. The molecule has 0 radical (unpaired) electrons. The average molecular weight is 491 g/mol. The topological polar surface area (TPSA) is 50.7 Å². The first kappa shape index (κ1) is 22.6. The number of halogens is 4. The molecule has 0 heterocycles. The minimum atomic E-state index is -4.53. The van der Waals surface area contributed by atoms with Gasteiger partial charge in [-0.05, 0) is 48.9 Å². The number of nitrogens with zero attached hydrogens (tertiary/aromatic N) is 1. The number of benzene rings is 3. The van der Waals surface area contributed by atoms with E-state index in [-0.39, 0.29) is 5.56 Å². The fourth-order valence-electron chi connectivity index (χ4n) is 2.78. The van der Waals surface area contributed by atoms with Gasteiger partial charge in [0, 0.05) is 15.6 Å². The van der Waals surface area contributed by atoms with E-state index in [1.54, 1.807) is 12.1 Å². The highest BCUT2D eigenvalue weighted by atomic mass is 79.9. The molecule has 0 saturated carbocycles. The Morgan fingerprint density at radius 3 is 2.61 bits per heavy atom. The molecule has 0 atom stereocenters. The molecule has 0 aliphatic carbocycles. The number of hydrogen-bond donors (Lipinski definition) is 1. The first-order valence-electron chi connectivity index (χ1n) is 9.21. The van der Waals surface area contributed by atoms with E-state index in [9.17, 15) is 18.0 Å². The maximum absolute atomic E-state index is 12.8. The van der Waals surface area contributed by atoms with Gasteiger partial charge in [0.15, 0.2) is 0 Å². The number of ether oxygens (including phenoxy) is 1. The molecule has 3 rings (SSSR count). The van der Waals surface area contributed by atoms with Gasteiger partial charge in [-0.1, -0.05) is 51.8 Å². The summed E-state index contributed by atoms with van der Waals surface area (Å²) in [4.78, 5) is 12.2. The third-order valence-electron chi connectivity index (χ3n) is 4.27. The summed E-state index contributed by atoms with van der Waals surface area (Å²) >= 11 is 3.37. The van der Waals surface area contributed by atoms with Crippen molar-refractivity contribution in [2.75, 3.05) is 0 Å². The van der Waals surface area contributed by atoms with Gasteiger partial charge in [0.05, 0.1) is 11.8 Å². The van der Waals surface area contributed by atoms with Crippen LogP contribution in [0.15, 0.2) is 76.3 Å². The van der Waals surface area contributed by atoms with Crippen molar-refractivity contribution in [3.63, 3.8) is 0 Å². The lowest BCUT2D eigenvalue weighted by molar-refractivity contribution is -0.137. The van der Waals surface area contributed by atoms with Crippen LogP contribution in [0.1, 0.15) is 32.6 Å². The van der Waals surface area contributed by atoms with Gasteiger partial charge in [-0.15, -0.1) is 0 Å². The van der Waals surface area contributed by atoms with Crippen LogP contribution in [0.25, 0.3) is 0 Å². The maximum atomic E-state index is 12.8. The van der Waals surface area contributed by atoms with Crippen LogP contribution in [0.4, 0.5) is 13.2 Å². The van der Waals surface area contributed by atoms with E-state index in [1.165, 1.54) is 18.3 Å². The van der Waals surface area contributed by atoms with Crippen LogP contribution in [-0.2, 0) is 12.8 Å². The van der Waals surface area contributed by atoms with Crippen molar-refractivity contribution < 1.29 is 22.7 Å². The summed E-state index contributed by atoms with van der Waals surface area (Å²) in [5.41, 5.74) is 3.92. The number of amides is 1. The largest absolute Gasteiger partial charge is 0.488 e. The molecular weight excluding hydrogens is 473 g/mol. The lowest BCUT2D eigenvalue weighted by atomic mass is 10.1. The summed E-state index contributed by atoms with van der Waals surface area (Å²) in [6.07, 6.45) is -3.15. The SMILES string of the molecule is Cc1cccc(COc2ccc(Br)cc2/C=N\NC(=O)c2cccc(C(F)(F)F)c2)c1. The normalized spacial score (nSPS) is 11.5. The second kappa shape index (κ2) is 9.78. The monoisotopic (exact) mass is 490 g/mol. The summed E-state index contributed by atoms with van der Waals surface area (Å²) < 4.78 is 45.1.